The average molecular weight is 346 g/mol. The Morgan fingerprint density at radius 3 is 2.52 bits per heavy atom. The summed E-state index contributed by atoms with van der Waals surface area (Å²) in [4.78, 5) is 2.45. The van der Waals surface area contributed by atoms with E-state index in [2.05, 4.69) is 54.4 Å². The van der Waals surface area contributed by atoms with E-state index in [9.17, 15) is 0 Å². The fraction of sp³-hybridized carbons (Fsp3) is 0.722. The van der Waals surface area contributed by atoms with E-state index < -0.39 is 0 Å². The molecule has 0 aromatic carbocycles. The van der Waals surface area contributed by atoms with Crippen molar-refractivity contribution in [1.29, 1.82) is 0 Å². The molecule has 0 bridgehead atoms. The molecule has 1 aliphatic heterocycles. The molecule has 7 heteroatoms. The molecule has 0 amide bonds. The van der Waals surface area contributed by atoms with Gasteiger partial charge in [0.05, 0.1) is 23.4 Å². The number of methoxy groups -OCH3 is 1. The lowest BCUT2D eigenvalue weighted by molar-refractivity contribution is 0.107. The number of likely N-dealkylation sites (tertiary alicyclic amines) is 1. The Hall–Kier alpha value is -1.73. The summed E-state index contributed by atoms with van der Waals surface area (Å²) < 4.78 is 9.79. The highest BCUT2D eigenvalue weighted by atomic mass is 16.5. The molecule has 1 saturated heterocycles. The van der Waals surface area contributed by atoms with Crippen LogP contribution < -0.4 is 0 Å². The summed E-state index contributed by atoms with van der Waals surface area (Å²) in [6, 6.07) is 0.217. The van der Waals surface area contributed by atoms with Gasteiger partial charge in [-0.25, -0.2) is 0 Å². The third-order valence-electron chi connectivity index (χ3n) is 5.18. The molecule has 0 saturated carbocycles. The monoisotopic (exact) mass is 346 g/mol. The van der Waals surface area contributed by atoms with Gasteiger partial charge in [0.25, 0.3) is 0 Å². The topological polar surface area (TPSA) is 61.0 Å². The Labute approximate surface area is 150 Å². The first-order valence-electron chi connectivity index (χ1n) is 8.88. The van der Waals surface area contributed by atoms with E-state index >= 15 is 0 Å². The van der Waals surface area contributed by atoms with Crippen LogP contribution in [-0.4, -0.2) is 49.2 Å². The summed E-state index contributed by atoms with van der Waals surface area (Å²) in [5, 5.41) is 13.2. The highest BCUT2D eigenvalue weighted by molar-refractivity contribution is 5.26. The van der Waals surface area contributed by atoms with Gasteiger partial charge in [-0.05, 0) is 41.0 Å². The fourth-order valence-electron chi connectivity index (χ4n) is 3.83. The minimum atomic E-state index is -0.0177. The van der Waals surface area contributed by atoms with Crippen LogP contribution in [0.25, 0.3) is 0 Å². The molecule has 0 unspecified atom stereocenters. The zero-order valence-corrected chi connectivity index (χ0v) is 16.4. The van der Waals surface area contributed by atoms with E-state index in [0.717, 1.165) is 31.0 Å². The zero-order chi connectivity index (χ0) is 18.4. The maximum Gasteiger partial charge on any atom is 0.150 e. The van der Waals surface area contributed by atoms with Gasteiger partial charge in [0.2, 0.25) is 0 Å². The van der Waals surface area contributed by atoms with Crippen LogP contribution >= 0.6 is 0 Å². The zero-order valence-electron chi connectivity index (χ0n) is 16.4. The van der Waals surface area contributed by atoms with Crippen molar-refractivity contribution in [3.05, 3.63) is 29.1 Å². The van der Waals surface area contributed by atoms with Gasteiger partial charge in [-0.15, -0.1) is 10.2 Å². The molecule has 1 fully saturated rings. The quantitative estimate of drug-likeness (QED) is 0.850. The van der Waals surface area contributed by atoms with Crippen LogP contribution in [0, 0.1) is 13.8 Å². The van der Waals surface area contributed by atoms with Gasteiger partial charge in [0, 0.05) is 38.5 Å². The number of nitrogens with zero attached hydrogens (tertiary/aromatic N) is 6. The Morgan fingerprint density at radius 1 is 1.28 bits per heavy atom. The molecule has 0 aliphatic carbocycles. The van der Waals surface area contributed by atoms with E-state index in [1.165, 1.54) is 11.3 Å². The first-order chi connectivity index (χ1) is 11.7. The molecule has 0 N–H and O–H groups in total. The summed E-state index contributed by atoms with van der Waals surface area (Å²) in [7, 11) is 3.79. The second-order valence-electron chi connectivity index (χ2n) is 8.07. The lowest BCUT2D eigenvalue weighted by Crippen LogP contribution is -2.27. The standard InChI is InChI=1S/C18H30N6O/c1-12-15(13(2)24(21-12)18(3,4)5)10-23-9-14(25-7)8-16(23)17-20-19-11-22(17)6/h11,14,16H,8-10H2,1-7H3/t14-,16+/m1/s1. The summed E-state index contributed by atoms with van der Waals surface area (Å²) in [5.41, 5.74) is 3.63. The molecule has 3 rings (SSSR count). The highest BCUT2D eigenvalue weighted by Crippen LogP contribution is 2.34. The van der Waals surface area contributed by atoms with Gasteiger partial charge in [0.1, 0.15) is 12.2 Å². The predicted octanol–water partition coefficient (Wildman–Crippen LogP) is 2.35. The van der Waals surface area contributed by atoms with Crippen molar-refractivity contribution in [2.45, 2.75) is 65.3 Å². The number of aryl methyl sites for hydroxylation is 2. The predicted molar refractivity (Wildman–Crippen MR) is 96.3 cm³/mol. The molecule has 2 atom stereocenters. The number of aromatic nitrogens is 5. The molecular weight excluding hydrogens is 316 g/mol. The SMILES string of the molecule is CO[C@@H]1C[C@@H](c2nncn2C)N(Cc2c(C)nn(C(C)(C)C)c2C)C1. The van der Waals surface area contributed by atoms with Crippen LogP contribution in [-0.2, 0) is 23.9 Å². The minimum absolute atomic E-state index is 0.0177. The van der Waals surface area contributed by atoms with Crippen molar-refractivity contribution in [2.24, 2.45) is 7.05 Å². The van der Waals surface area contributed by atoms with Crippen LogP contribution in [0.4, 0.5) is 0 Å². The molecule has 2 aromatic rings. The molecule has 2 aromatic heterocycles. The van der Waals surface area contributed by atoms with E-state index in [4.69, 9.17) is 9.84 Å². The van der Waals surface area contributed by atoms with Gasteiger partial charge in [0.15, 0.2) is 0 Å². The summed E-state index contributed by atoms with van der Waals surface area (Å²) in [5.74, 6) is 0.998. The third-order valence-corrected chi connectivity index (χ3v) is 5.18. The molecule has 25 heavy (non-hydrogen) atoms. The van der Waals surface area contributed by atoms with Crippen molar-refractivity contribution in [2.75, 3.05) is 13.7 Å². The summed E-state index contributed by atoms with van der Waals surface area (Å²) in [6.45, 7) is 12.6. The van der Waals surface area contributed by atoms with Crippen molar-refractivity contribution >= 4 is 0 Å². The number of hydrogen-bond acceptors (Lipinski definition) is 5. The van der Waals surface area contributed by atoms with E-state index in [0.29, 0.717) is 0 Å². The molecule has 0 spiro atoms. The average Bonchev–Trinajstić information content (AvgIpc) is 3.20. The summed E-state index contributed by atoms with van der Waals surface area (Å²) in [6.07, 6.45) is 2.93. The first-order valence-corrected chi connectivity index (χ1v) is 8.88. The maximum absolute atomic E-state index is 5.65. The Morgan fingerprint density at radius 2 is 2.00 bits per heavy atom. The molecule has 138 valence electrons. The van der Waals surface area contributed by atoms with Gasteiger partial charge < -0.3 is 9.30 Å². The molecule has 1 aliphatic rings. The Kier molecular flexibility index (Phi) is 4.72. The molecule has 3 heterocycles. The van der Waals surface area contributed by atoms with Crippen molar-refractivity contribution in [1.82, 2.24) is 29.4 Å². The first kappa shape index (κ1) is 18.1. The van der Waals surface area contributed by atoms with E-state index in [-0.39, 0.29) is 17.7 Å². The van der Waals surface area contributed by atoms with Gasteiger partial charge in [-0.2, -0.15) is 5.10 Å². The van der Waals surface area contributed by atoms with Crippen molar-refractivity contribution in [3.8, 4) is 0 Å². The van der Waals surface area contributed by atoms with Crippen LogP contribution in [0.3, 0.4) is 0 Å². The lowest BCUT2D eigenvalue weighted by Gasteiger charge is -2.24. The molecular formula is C18H30N6O. The van der Waals surface area contributed by atoms with Crippen molar-refractivity contribution < 1.29 is 4.74 Å². The Bertz CT molecular complexity index is 741. The second kappa shape index (κ2) is 6.53. The second-order valence-corrected chi connectivity index (χ2v) is 8.07. The maximum atomic E-state index is 5.65. The van der Waals surface area contributed by atoms with Crippen LogP contribution in [0.2, 0.25) is 0 Å². The normalized spacial score (nSPS) is 22.0. The number of rotatable bonds is 4. The van der Waals surface area contributed by atoms with Gasteiger partial charge >= 0.3 is 0 Å². The van der Waals surface area contributed by atoms with Crippen LogP contribution in [0.5, 0.6) is 0 Å². The number of ether oxygens (including phenoxy) is 1. The lowest BCUT2D eigenvalue weighted by atomic mass is 10.1. The van der Waals surface area contributed by atoms with Gasteiger partial charge in [-0.3, -0.25) is 9.58 Å². The highest BCUT2D eigenvalue weighted by Gasteiger charge is 2.36. The molecule has 7 nitrogen and oxygen atoms in total. The molecule has 0 radical (unpaired) electrons. The van der Waals surface area contributed by atoms with Crippen molar-refractivity contribution in [3.63, 3.8) is 0 Å². The largest absolute Gasteiger partial charge is 0.380 e. The Balaban J connectivity index is 1.91. The van der Waals surface area contributed by atoms with Crippen LogP contribution in [0.1, 0.15) is 56.0 Å². The fourth-order valence-corrected chi connectivity index (χ4v) is 3.83. The summed E-state index contributed by atoms with van der Waals surface area (Å²) >= 11 is 0. The third kappa shape index (κ3) is 3.35. The van der Waals surface area contributed by atoms with E-state index in [1.54, 1.807) is 13.4 Å². The minimum Gasteiger partial charge on any atom is -0.380 e. The van der Waals surface area contributed by atoms with E-state index in [1.807, 2.05) is 11.6 Å². The van der Waals surface area contributed by atoms with Gasteiger partial charge in [-0.1, -0.05) is 0 Å². The number of hydrogen-bond donors (Lipinski definition) is 0. The smallest absolute Gasteiger partial charge is 0.150 e. The van der Waals surface area contributed by atoms with Crippen LogP contribution in [0.15, 0.2) is 6.33 Å².